The maximum Gasteiger partial charge on any atom is 0.131 e. The number of fused-ring (bicyclic) bond motifs is 1. The van der Waals surface area contributed by atoms with Crippen LogP contribution in [0.2, 0.25) is 0 Å². The van der Waals surface area contributed by atoms with Gasteiger partial charge in [-0.25, -0.2) is 4.98 Å². The predicted octanol–water partition coefficient (Wildman–Crippen LogP) is 2.62. The monoisotopic (exact) mass is 330 g/mol. The maximum atomic E-state index is 9.02. The Morgan fingerprint density at radius 3 is 2.72 bits per heavy atom. The zero-order chi connectivity index (χ0) is 17.4. The number of anilines is 1. The molecule has 1 aliphatic rings. The first kappa shape index (κ1) is 15.3. The number of aromatic nitrogens is 4. The molecule has 0 radical (unpaired) electrons. The van der Waals surface area contributed by atoms with Crippen molar-refractivity contribution in [1.82, 2.24) is 19.7 Å². The molecule has 6 heteroatoms. The van der Waals surface area contributed by atoms with E-state index in [2.05, 4.69) is 32.1 Å². The van der Waals surface area contributed by atoms with Crippen molar-refractivity contribution in [3.05, 3.63) is 59.3 Å². The molecule has 4 rings (SSSR count). The minimum absolute atomic E-state index is 0.596. The van der Waals surface area contributed by atoms with Crippen molar-refractivity contribution in [2.45, 2.75) is 19.9 Å². The van der Waals surface area contributed by atoms with Crippen LogP contribution in [-0.2, 0) is 20.0 Å². The van der Waals surface area contributed by atoms with Crippen LogP contribution in [-0.4, -0.2) is 26.3 Å². The quantitative estimate of drug-likeness (QED) is 0.722. The van der Waals surface area contributed by atoms with Crippen molar-refractivity contribution >= 4 is 5.82 Å². The lowest BCUT2D eigenvalue weighted by atomic mass is 10.0. The molecule has 0 fully saturated rings. The van der Waals surface area contributed by atoms with Gasteiger partial charge in [0.25, 0.3) is 0 Å². The van der Waals surface area contributed by atoms with E-state index in [9.17, 15) is 0 Å². The third-order valence-corrected chi connectivity index (χ3v) is 4.56. The number of pyridine rings is 2. The van der Waals surface area contributed by atoms with Gasteiger partial charge in [0.1, 0.15) is 11.9 Å². The molecular weight excluding hydrogens is 312 g/mol. The number of hydrogen-bond acceptors (Lipinski definition) is 5. The summed E-state index contributed by atoms with van der Waals surface area (Å²) in [5.41, 5.74) is 6.15. The minimum Gasteiger partial charge on any atom is -0.352 e. The smallest absolute Gasteiger partial charge is 0.131 e. The average molecular weight is 330 g/mol. The second-order valence-electron chi connectivity index (χ2n) is 6.38. The molecule has 25 heavy (non-hydrogen) atoms. The Labute approximate surface area is 146 Å². The van der Waals surface area contributed by atoms with Gasteiger partial charge in [-0.1, -0.05) is 0 Å². The summed E-state index contributed by atoms with van der Waals surface area (Å²) >= 11 is 0. The van der Waals surface area contributed by atoms with Crippen LogP contribution in [0.4, 0.5) is 5.82 Å². The molecular formula is C19H18N6. The Morgan fingerprint density at radius 2 is 2.00 bits per heavy atom. The summed E-state index contributed by atoms with van der Waals surface area (Å²) < 4.78 is 1.80. The van der Waals surface area contributed by atoms with E-state index >= 15 is 0 Å². The van der Waals surface area contributed by atoms with Crippen molar-refractivity contribution in [2.24, 2.45) is 7.05 Å². The number of nitrogens with zero attached hydrogens (tertiary/aromatic N) is 6. The molecule has 1 aliphatic heterocycles. The van der Waals surface area contributed by atoms with E-state index in [0.717, 1.165) is 47.7 Å². The van der Waals surface area contributed by atoms with Gasteiger partial charge in [-0.15, -0.1) is 0 Å². The van der Waals surface area contributed by atoms with E-state index < -0.39 is 0 Å². The van der Waals surface area contributed by atoms with Crippen LogP contribution in [0.1, 0.15) is 22.4 Å². The molecule has 0 bridgehead atoms. The molecule has 0 aromatic carbocycles. The molecule has 0 spiro atoms. The average Bonchev–Trinajstić information content (AvgIpc) is 3.07. The fourth-order valence-corrected chi connectivity index (χ4v) is 3.29. The van der Waals surface area contributed by atoms with Gasteiger partial charge in [-0.3, -0.25) is 9.67 Å². The van der Waals surface area contributed by atoms with Gasteiger partial charge in [0, 0.05) is 62.0 Å². The summed E-state index contributed by atoms with van der Waals surface area (Å²) in [7, 11) is 1.91. The van der Waals surface area contributed by atoms with Crippen molar-refractivity contribution in [3.63, 3.8) is 0 Å². The Hall–Kier alpha value is -3.20. The molecule has 3 aromatic heterocycles. The van der Waals surface area contributed by atoms with Crippen LogP contribution in [0, 0.1) is 18.3 Å². The van der Waals surface area contributed by atoms with Gasteiger partial charge in [-0.2, -0.15) is 10.4 Å². The second kappa shape index (κ2) is 6.02. The topological polar surface area (TPSA) is 70.6 Å². The van der Waals surface area contributed by atoms with Crippen LogP contribution >= 0.6 is 0 Å². The molecule has 0 atom stereocenters. The number of hydrogen-bond donors (Lipinski definition) is 0. The molecule has 6 nitrogen and oxygen atoms in total. The third kappa shape index (κ3) is 2.85. The summed E-state index contributed by atoms with van der Waals surface area (Å²) in [6.07, 6.45) is 8.31. The fourth-order valence-electron chi connectivity index (χ4n) is 3.29. The molecule has 4 heterocycles. The first-order valence-corrected chi connectivity index (χ1v) is 8.22. The van der Waals surface area contributed by atoms with Crippen LogP contribution < -0.4 is 4.90 Å². The Balaban J connectivity index is 1.65. The molecule has 0 amide bonds. The van der Waals surface area contributed by atoms with Gasteiger partial charge in [0.05, 0.1) is 11.8 Å². The lowest BCUT2D eigenvalue weighted by Gasteiger charge is -2.30. The highest BCUT2D eigenvalue weighted by Crippen LogP contribution is 2.28. The molecule has 0 saturated carbocycles. The van der Waals surface area contributed by atoms with E-state index in [1.807, 2.05) is 38.6 Å². The minimum atomic E-state index is 0.596. The standard InChI is InChI=1S/C19H18N6/c1-13-5-14(7-20)8-22-19(13)25-4-3-18-16(12-25)6-15(9-21-18)17-10-23-24(2)11-17/h5-6,8-11H,3-4,12H2,1-2H3. The first-order valence-electron chi connectivity index (χ1n) is 8.22. The van der Waals surface area contributed by atoms with E-state index in [4.69, 9.17) is 5.26 Å². The van der Waals surface area contributed by atoms with Gasteiger partial charge >= 0.3 is 0 Å². The van der Waals surface area contributed by atoms with E-state index in [1.54, 1.807) is 10.9 Å². The van der Waals surface area contributed by atoms with Crippen LogP contribution in [0.3, 0.4) is 0 Å². The van der Waals surface area contributed by atoms with Crippen molar-refractivity contribution in [2.75, 3.05) is 11.4 Å². The molecule has 0 saturated heterocycles. The number of rotatable bonds is 2. The lowest BCUT2D eigenvalue weighted by molar-refractivity contribution is 0.701. The van der Waals surface area contributed by atoms with E-state index in [0.29, 0.717) is 5.56 Å². The van der Waals surface area contributed by atoms with E-state index in [-0.39, 0.29) is 0 Å². The Bertz CT molecular complexity index is 982. The summed E-state index contributed by atoms with van der Waals surface area (Å²) in [5, 5.41) is 13.3. The largest absolute Gasteiger partial charge is 0.352 e. The van der Waals surface area contributed by atoms with E-state index in [1.165, 1.54) is 5.56 Å². The van der Waals surface area contributed by atoms with Crippen LogP contribution in [0.25, 0.3) is 11.1 Å². The summed E-state index contributed by atoms with van der Waals surface area (Å²) in [6, 6.07) is 6.23. The van der Waals surface area contributed by atoms with Crippen molar-refractivity contribution < 1.29 is 0 Å². The molecule has 3 aromatic rings. The molecule has 0 N–H and O–H groups in total. The van der Waals surface area contributed by atoms with Crippen LogP contribution in [0.15, 0.2) is 36.9 Å². The number of aryl methyl sites for hydroxylation is 2. The molecule has 0 unspecified atom stereocenters. The fraction of sp³-hybridized carbons (Fsp3) is 0.263. The Morgan fingerprint density at radius 1 is 1.12 bits per heavy atom. The van der Waals surface area contributed by atoms with Gasteiger partial charge in [0.2, 0.25) is 0 Å². The zero-order valence-corrected chi connectivity index (χ0v) is 14.3. The third-order valence-electron chi connectivity index (χ3n) is 4.56. The number of nitriles is 1. The highest BCUT2D eigenvalue weighted by molar-refractivity contribution is 5.62. The van der Waals surface area contributed by atoms with Gasteiger partial charge in [0.15, 0.2) is 0 Å². The molecule has 124 valence electrons. The first-order chi connectivity index (χ1) is 12.1. The maximum absolute atomic E-state index is 9.02. The highest BCUT2D eigenvalue weighted by Gasteiger charge is 2.20. The van der Waals surface area contributed by atoms with Gasteiger partial charge < -0.3 is 4.90 Å². The summed E-state index contributed by atoms with van der Waals surface area (Å²) in [5.74, 6) is 0.941. The second-order valence-corrected chi connectivity index (χ2v) is 6.38. The molecule has 0 aliphatic carbocycles. The zero-order valence-electron chi connectivity index (χ0n) is 14.3. The summed E-state index contributed by atoms with van der Waals surface area (Å²) in [6.45, 7) is 3.66. The lowest BCUT2D eigenvalue weighted by Crippen LogP contribution is -2.32. The normalized spacial score (nSPS) is 13.4. The van der Waals surface area contributed by atoms with Crippen LogP contribution in [0.5, 0.6) is 0 Å². The Kier molecular flexibility index (Phi) is 3.69. The van der Waals surface area contributed by atoms with Crippen molar-refractivity contribution in [1.29, 1.82) is 5.26 Å². The van der Waals surface area contributed by atoms with Crippen molar-refractivity contribution in [3.8, 4) is 17.2 Å². The summed E-state index contributed by atoms with van der Waals surface area (Å²) in [4.78, 5) is 11.4. The highest BCUT2D eigenvalue weighted by atomic mass is 15.2. The predicted molar refractivity (Wildman–Crippen MR) is 94.9 cm³/mol. The van der Waals surface area contributed by atoms with Gasteiger partial charge in [-0.05, 0) is 30.2 Å². The SMILES string of the molecule is Cc1cc(C#N)cnc1N1CCc2ncc(-c3cnn(C)c3)cc2C1.